The quantitative estimate of drug-likeness (QED) is 0.558. The van der Waals surface area contributed by atoms with Gasteiger partial charge >= 0.3 is 0 Å². The van der Waals surface area contributed by atoms with Gasteiger partial charge in [-0.15, -0.1) is 11.6 Å². The summed E-state index contributed by atoms with van der Waals surface area (Å²) < 4.78 is 0. The monoisotopic (exact) mass is 184 g/mol. The molecule has 12 heavy (non-hydrogen) atoms. The third-order valence-corrected chi connectivity index (χ3v) is 1.83. The number of hydrogen-bond acceptors (Lipinski definition) is 2. The van der Waals surface area contributed by atoms with Crippen LogP contribution in [-0.4, -0.2) is 17.4 Å². The van der Waals surface area contributed by atoms with Gasteiger partial charge in [0, 0.05) is 24.8 Å². The van der Waals surface area contributed by atoms with Crippen molar-refractivity contribution in [3.8, 4) is 0 Å². The lowest BCUT2D eigenvalue weighted by atomic mass is 10.3. The highest BCUT2D eigenvalue weighted by molar-refractivity contribution is 6.17. The average Bonchev–Trinajstić information content (AvgIpc) is 2.14. The van der Waals surface area contributed by atoms with Gasteiger partial charge in [0.1, 0.15) is 0 Å². The van der Waals surface area contributed by atoms with E-state index in [1.54, 1.807) is 12.4 Å². The van der Waals surface area contributed by atoms with Crippen LogP contribution in [0.5, 0.6) is 0 Å². The second-order valence-corrected chi connectivity index (χ2v) is 2.95. The van der Waals surface area contributed by atoms with Gasteiger partial charge in [-0.3, -0.25) is 4.98 Å². The third-order valence-electron chi connectivity index (χ3n) is 1.57. The Hall–Kier alpha value is -0.600. The van der Waals surface area contributed by atoms with E-state index in [0.717, 1.165) is 25.4 Å². The molecule has 0 saturated carbocycles. The summed E-state index contributed by atoms with van der Waals surface area (Å²) in [4.78, 5) is 3.94. The minimum Gasteiger partial charge on any atom is -0.313 e. The number of rotatable bonds is 5. The second-order valence-electron chi connectivity index (χ2n) is 2.57. The van der Waals surface area contributed by atoms with E-state index < -0.39 is 0 Å². The van der Waals surface area contributed by atoms with Crippen molar-refractivity contribution in [1.29, 1.82) is 0 Å². The van der Waals surface area contributed by atoms with Crippen LogP contribution in [0.15, 0.2) is 24.5 Å². The Morgan fingerprint density at radius 2 is 2.08 bits per heavy atom. The summed E-state index contributed by atoms with van der Waals surface area (Å²) in [5, 5.41) is 3.29. The van der Waals surface area contributed by atoms with Crippen molar-refractivity contribution in [2.75, 3.05) is 12.4 Å². The van der Waals surface area contributed by atoms with Crippen LogP contribution < -0.4 is 5.32 Å². The van der Waals surface area contributed by atoms with Crippen molar-refractivity contribution in [1.82, 2.24) is 10.3 Å². The number of halogens is 1. The van der Waals surface area contributed by atoms with Crippen molar-refractivity contribution in [3.05, 3.63) is 30.1 Å². The normalized spacial score (nSPS) is 10.1. The topological polar surface area (TPSA) is 24.9 Å². The molecule has 0 saturated heterocycles. The SMILES string of the molecule is ClCCCNCc1ccncc1. The van der Waals surface area contributed by atoms with Crippen molar-refractivity contribution >= 4 is 11.6 Å². The summed E-state index contributed by atoms with van der Waals surface area (Å²) in [6, 6.07) is 4.02. The summed E-state index contributed by atoms with van der Waals surface area (Å²) in [6.45, 7) is 1.88. The first kappa shape index (κ1) is 9.49. The number of aromatic nitrogens is 1. The molecule has 1 rings (SSSR count). The zero-order valence-electron chi connectivity index (χ0n) is 6.96. The highest BCUT2D eigenvalue weighted by Crippen LogP contribution is 1.94. The van der Waals surface area contributed by atoms with E-state index in [0.29, 0.717) is 0 Å². The van der Waals surface area contributed by atoms with Crippen LogP contribution in [0.2, 0.25) is 0 Å². The number of nitrogens with one attached hydrogen (secondary N) is 1. The maximum atomic E-state index is 5.53. The molecule has 3 heteroatoms. The van der Waals surface area contributed by atoms with E-state index in [9.17, 15) is 0 Å². The second kappa shape index (κ2) is 5.98. The molecule has 0 aliphatic heterocycles. The molecular weight excluding hydrogens is 172 g/mol. The number of alkyl halides is 1. The molecule has 0 fully saturated rings. The molecule has 0 bridgehead atoms. The fourth-order valence-corrected chi connectivity index (χ4v) is 1.06. The van der Waals surface area contributed by atoms with E-state index in [4.69, 9.17) is 11.6 Å². The van der Waals surface area contributed by atoms with Gasteiger partial charge in [0.15, 0.2) is 0 Å². The van der Waals surface area contributed by atoms with Crippen LogP contribution in [-0.2, 0) is 6.54 Å². The number of pyridine rings is 1. The Bertz CT molecular complexity index is 201. The van der Waals surface area contributed by atoms with Crippen molar-refractivity contribution < 1.29 is 0 Å². The van der Waals surface area contributed by atoms with Gasteiger partial charge in [-0.25, -0.2) is 0 Å². The first-order valence-electron chi connectivity index (χ1n) is 4.09. The van der Waals surface area contributed by atoms with E-state index in [1.807, 2.05) is 12.1 Å². The minimum atomic E-state index is 0.726. The summed E-state index contributed by atoms with van der Waals surface area (Å²) in [7, 11) is 0. The summed E-state index contributed by atoms with van der Waals surface area (Å²) in [6.07, 6.45) is 4.63. The van der Waals surface area contributed by atoms with Crippen LogP contribution in [0.25, 0.3) is 0 Å². The maximum absolute atomic E-state index is 5.53. The molecule has 1 N–H and O–H groups in total. The molecule has 0 amide bonds. The molecule has 0 atom stereocenters. The van der Waals surface area contributed by atoms with Gasteiger partial charge in [0.2, 0.25) is 0 Å². The zero-order valence-corrected chi connectivity index (χ0v) is 7.72. The lowest BCUT2D eigenvalue weighted by Crippen LogP contribution is -2.14. The zero-order chi connectivity index (χ0) is 8.65. The van der Waals surface area contributed by atoms with Gasteiger partial charge in [0.25, 0.3) is 0 Å². The van der Waals surface area contributed by atoms with Gasteiger partial charge in [-0.1, -0.05) is 0 Å². The van der Waals surface area contributed by atoms with Crippen LogP contribution in [0.1, 0.15) is 12.0 Å². The van der Waals surface area contributed by atoms with Gasteiger partial charge in [0.05, 0.1) is 0 Å². The van der Waals surface area contributed by atoms with Gasteiger partial charge < -0.3 is 5.32 Å². The molecule has 0 radical (unpaired) electrons. The first-order chi connectivity index (χ1) is 5.93. The summed E-state index contributed by atoms with van der Waals surface area (Å²) in [5.74, 6) is 0.726. The average molecular weight is 185 g/mol. The standard InChI is InChI=1S/C9H13ClN2/c10-4-1-5-12-8-9-2-6-11-7-3-9/h2-3,6-7,12H,1,4-5,8H2. The maximum Gasteiger partial charge on any atom is 0.0271 e. The highest BCUT2D eigenvalue weighted by atomic mass is 35.5. The van der Waals surface area contributed by atoms with Crippen LogP contribution in [0.4, 0.5) is 0 Å². The molecule has 1 aromatic heterocycles. The summed E-state index contributed by atoms with van der Waals surface area (Å²) in [5.41, 5.74) is 1.26. The number of nitrogens with zero attached hydrogens (tertiary/aromatic N) is 1. The molecule has 0 aliphatic rings. The predicted molar refractivity (Wildman–Crippen MR) is 51.3 cm³/mol. The number of hydrogen-bond donors (Lipinski definition) is 1. The highest BCUT2D eigenvalue weighted by Gasteiger charge is 1.89. The Morgan fingerprint density at radius 1 is 1.33 bits per heavy atom. The van der Waals surface area contributed by atoms with E-state index >= 15 is 0 Å². The van der Waals surface area contributed by atoms with Crippen molar-refractivity contribution in [3.63, 3.8) is 0 Å². The van der Waals surface area contributed by atoms with Gasteiger partial charge in [-0.2, -0.15) is 0 Å². The van der Waals surface area contributed by atoms with Crippen LogP contribution >= 0.6 is 11.6 Å². The largest absolute Gasteiger partial charge is 0.313 e. The molecule has 0 spiro atoms. The van der Waals surface area contributed by atoms with Crippen molar-refractivity contribution in [2.45, 2.75) is 13.0 Å². The molecule has 2 nitrogen and oxygen atoms in total. The van der Waals surface area contributed by atoms with E-state index in [-0.39, 0.29) is 0 Å². The predicted octanol–water partition coefficient (Wildman–Crippen LogP) is 1.80. The first-order valence-corrected chi connectivity index (χ1v) is 4.62. The van der Waals surface area contributed by atoms with Crippen molar-refractivity contribution in [2.24, 2.45) is 0 Å². The Labute approximate surface area is 78.0 Å². The van der Waals surface area contributed by atoms with Crippen LogP contribution in [0.3, 0.4) is 0 Å². The molecular formula is C9H13ClN2. The van der Waals surface area contributed by atoms with E-state index in [1.165, 1.54) is 5.56 Å². The molecule has 1 heterocycles. The smallest absolute Gasteiger partial charge is 0.0271 e. The molecule has 1 aromatic rings. The fourth-order valence-electron chi connectivity index (χ4n) is 0.925. The van der Waals surface area contributed by atoms with Gasteiger partial charge in [-0.05, 0) is 30.7 Å². The molecule has 0 aromatic carbocycles. The Morgan fingerprint density at radius 3 is 2.75 bits per heavy atom. The molecule has 0 unspecified atom stereocenters. The fraction of sp³-hybridized carbons (Fsp3) is 0.444. The summed E-state index contributed by atoms with van der Waals surface area (Å²) >= 11 is 5.53. The minimum absolute atomic E-state index is 0.726. The lowest BCUT2D eigenvalue weighted by molar-refractivity contribution is 0.677. The Balaban J connectivity index is 2.16. The van der Waals surface area contributed by atoms with E-state index in [2.05, 4.69) is 10.3 Å². The lowest BCUT2D eigenvalue weighted by Gasteiger charge is -2.01. The molecule has 66 valence electrons. The molecule has 0 aliphatic carbocycles. The Kier molecular flexibility index (Phi) is 4.73. The third kappa shape index (κ3) is 3.69. The van der Waals surface area contributed by atoms with Crippen LogP contribution in [0, 0.1) is 0 Å².